The summed E-state index contributed by atoms with van der Waals surface area (Å²) in [4.78, 5) is 13.4. The van der Waals surface area contributed by atoms with Crippen molar-refractivity contribution in [1.29, 1.82) is 0 Å². The Hall–Kier alpha value is -0.610. The van der Waals surface area contributed by atoms with Crippen LogP contribution in [-0.2, 0) is 9.53 Å². The Morgan fingerprint density at radius 2 is 2.24 bits per heavy atom. The van der Waals surface area contributed by atoms with Crippen LogP contribution in [0.15, 0.2) is 0 Å². The van der Waals surface area contributed by atoms with Gasteiger partial charge in [-0.15, -0.1) is 0 Å². The first-order valence-corrected chi connectivity index (χ1v) is 6.77. The number of hydrogen-bond donors (Lipinski definition) is 1. The van der Waals surface area contributed by atoms with Gasteiger partial charge in [0.25, 0.3) is 0 Å². The van der Waals surface area contributed by atoms with Crippen LogP contribution in [0.5, 0.6) is 0 Å². The fourth-order valence-electron chi connectivity index (χ4n) is 3.11. The maximum atomic E-state index is 11.3. The van der Waals surface area contributed by atoms with E-state index in [1.165, 1.54) is 0 Å². The van der Waals surface area contributed by atoms with Gasteiger partial charge in [-0.3, -0.25) is 9.69 Å². The number of carbonyl (C=O) groups is 1. The minimum Gasteiger partial charge on any atom is -0.480 e. The number of aliphatic carboxylic acids is 1. The SMILES string of the molecule is CC1CCCN(CCC2CCCO2)C1C(=O)O. The van der Waals surface area contributed by atoms with Crippen LogP contribution in [0.4, 0.5) is 0 Å². The van der Waals surface area contributed by atoms with Crippen LogP contribution in [0, 0.1) is 5.92 Å². The van der Waals surface area contributed by atoms with Crippen LogP contribution in [0.25, 0.3) is 0 Å². The molecule has 0 radical (unpaired) electrons. The molecular formula is C13H23NO3. The van der Waals surface area contributed by atoms with Gasteiger partial charge in [0.2, 0.25) is 0 Å². The molecule has 3 unspecified atom stereocenters. The van der Waals surface area contributed by atoms with E-state index < -0.39 is 5.97 Å². The fraction of sp³-hybridized carbons (Fsp3) is 0.923. The van der Waals surface area contributed by atoms with Crippen molar-refractivity contribution in [2.45, 2.75) is 51.2 Å². The summed E-state index contributed by atoms with van der Waals surface area (Å²) in [7, 11) is 0. The lowest BCUT2D eigenvalue weighted by Gasteiger charge is -2.37. The molecule has 0 saturated carbocycles. The summed E-state index contributed by atoms with van der Waals surface area (Å²) in [5.41, 5.74) is 0. The monoisotopic (exact) mass is 241 g/mol. The van der Waals surface area contributed by atoms with Gasteiger partial charge in [0.05, 0.1) is 6.10 Å². The van der Waals surface area contributed by atoms with Crippen LogP contribution < -0.4 is 0 Å². The first kappa shape index (κ1) is 12.8. The summed E-state index contributed by atoms with van der Waals surface area (Å²) in [5, 5.41) is 9.30. The molecule has 2 aliphatic heterocycles. The van der Waals surface area contributed by atoms with E-state index in [-0.39, 0.29) is 12.0 Å². The minimum absolute atomic E-state index is 0.269. The van der Waals surface area contributed by atoms with E-state index in [1.54, 1.807) is 0 Å². The van der Waals surface area contributed by atoms with Crippen molar-refractivity contribution in [2.75, 3.05) is 19.7 Å². The standard InChI is InChI=1S/C13H23NO3/c1-10-4-2-7-14(12(10)13(15)16)8-6-11-5-3-9-17-11/h10-12H,2-9H2,1H3,(H,15,16). The lowest BCUT2D eigenvalue weighted by atomic mass is 9.90. The van der Waals surface area contributed by atoms with Crippen molar-refractivity contribution in [3.63, 3.8) is 0 Å². The summed E-state index contributed by atoms with van der Waals surface area (Å²) in [6.07, 6.45) is 5.80. The van der Waals surface area contributed by atoms with Crippen LogP contribution in [-0.4, -0.2) is 47.8 Å². The normalized spacial score (nSPS) is 35.0. The number of nitrogens with zero attached hydrogens (tertiary/aromatic N) is 1. The molecular weight excluding hydrogens is 218 g/mol. The van der Waals surface area contributed by atoms with Gasteiger partial charge in [-0.05, 0) is 44.6 Å². The van der Waals surface area contributed by atoms with Crippen molar-refractivity contribution in [1.82, 2.24) is 4.90 Å². The molecule has 4 nitrogen and oxygen atoms in total. The van der Waals surface area contributed by atoms with E-state index in [4.69, 9.17) is 4.74 Å². The van der Waals surface area contributed by atoms with Crippen molar-refractivity contribution in [2.24, 2.45) is 5.92 Å². The van der Waals surface area contributed by atoms with Gasteiger partial charge >= 0.3 is 5.97 Å². The number of rotatable bonds is 4. The molecule has 98 valence electrons. The first-order chi connectivity index (χ1) is 8.18. The van der Waals surface area contributed by atoms with E-state index in [9.17, 15) is 9.90 Å². The van der Waals surface area contributed by atoms with Gasteiger partial charge in [-0.2, -0.15) is 0 Å². The smallest absolute Gasteiger partial charge is 0.321 e. The molecule has 17 heavy (non-hydrogen) atoms. The summed E-state index contributed by atoms with van der Waals surface area (Å²) in [6, 6.07) is -0.287. The molecule has 0 aromatic rings. The van der Waals surface area contributed by atoms with Gasteiger partial charge in [-0.1, -0.05) is 6.92 Å². The summed E-state index contributed by atoms with van der Waals surface area (Å²) in [6.45, 7) is 4.72. The van der Waals surface area contributed by atoms with E-state index in [2.05, 4.69) is 11.8 Å². The summed E-state index contributed by atoms with van der Waals surface area (Å²) >= 11 is 0. The minimum atomic E-state index is -0.662. The maximum absolute atomic E-state index is 11.3. The second-order valence-electron chi connectivity index (χ2n) is 5.36. The third-order valence-electron chi connectivity index (χ3n) is 4.05. The van der Waals surface area contributed by atoms with Crippen molar-refractivity contribution in [3.8, 4) is 0 Å². The second kappa shape index (κ2) is 5.83. The third-order valence-corrected chi connectivity index (χ3v) is 4.05. The second-order valence-corrected chi connectivity index (χ2v) is 5.36. The highest BCUT2D eigenvalue weighted by Crippen LogP contribution is 2.25. The predicted octanol–water partition coefficient (Wildman–Crippen LogP) is 1.74. The quantitative estimate of drug-likeness (QED) is 0.814. The van der Waals surface area contributed by atoms with Crippen molar-refractivity contribution in [3.05, 3.63) is 0 Å². The Balaban J connectivity index is 1.85. The molecule has 3 atom stereocenters. The lowest BCUT2D eigenvalue weighted by Crippen LogP contribution is -2.49. The summed E-state index contributed by atoms with van der Waals surface area (Å²) in [5.74, 6) is -0.393. The number of likely N-dealkylation sites (tertiary alicyclic amines) is 1. The average Bonchev–Trinajstić information content (AvgIpc) is 2.78. The highest BCUT2D eigenvalue weighted by molar-refractivity contribution is 5.74. The van der Waals surface area contributed by atoms with Crippen LogP contribution in [0.1, 0.15) is 39.0 Å². The van der Waals surface area contributed by atoms with Gasteiger partial charge < -0.3 is 9.84 Å². The number of carboxylic acid groups (broad SMARTS) is 1. The molecule has 0 bridgehead atoms. The third kappa shape index (κ3) is 3.19. The number of hydrogen-bond acceptors (Lipinski definition) is 3. The highest BCUT2D eigenvalue weighted by atomic mass is 16.5. The predicted molar refractivity (Wildman–Crippen MR) is 65.0 cm³/mol. The number of carboxylic acids is 1. The Morgan fingerprint density at radius 3 is 2.88 bits per heavy atom. The molecule has 1 N–H and O–H groups in total. The molecule has 2 fully saturated rings. The van der Waals surface area contributed by atoms with Gasteiger partial charge in [0, 0.05) is 13.2 Å². The molecule has 2 saturated heterocycles. The van der Waals surface area contributed by atoms with Gasteiger partial charge in [-0.25, -0.2) is 0 Å². The molecule has 0 aliphatic carbocycles. The number of piperidine rings is 1. The highest BCUT2D eigenvalue weighted by Gasteiger charge is 2.34. The molecule has 2 aliphatic rings. The van der Waals surface area contributed by atoms with Crippen molar-refractivity contribution >= 4 is 5.97 Å². The first-order valence-electron chi connectivity index (χ1n) is 6.77. The van der Waals surface area contributed by atoms with E-state index in [1.807, 2.05) is 0 Å². The van der Waals surface area contributed by atoms with Crippen molar-refractivity contribution < 1.29 is 14.6 Å². The Kier molecular flexibility index (Phi) is 4.40. The van der Waals surface area contributed by atoms with E-state index in [0.29, 0.717) is 6.10 Å². The van der Waals surface area contributed by atoms with E-state index in [0.717, 1.165) is 51.8 Å². The average molecular weight is 241 g/mol. The largest absolute Gasteiger partial charge is 0.480 e. The molecule has 4 heteroatoms. The Morgan fingerprint density at radius 1 is 1.41 bits per heavy atom. The Labute approximate surface area is 103 Å². The fourth-order valence-corrected chi connectivity index (χ4v) is 3.11. The zero-order chi connectivity index (χ0) is 12.3. The number of ether oxygens (including phenoxy) is 1. The van der Waals surface area contributed by atoms with E-state index >= 15 is 0 Å². The topological polar surface area (TPSA) is 49.8 Å². The zero-order valence-electron chi connectivity index (χ0n) is 10.6. The zero-order valence-corrected chi connectivity index (χ0v) is 10.6. The molecule has 2 rings (SSSR count). The van der Waals surface area contributed by atoms with Gasteiger partial charge in [0.15, 0.2) is 0 Å². The molecule has 0 aromatic heterocycles. The molecule has 0 amide bonds. The molecule has 0 aromatic carbocycles. The lowest BCUT2D eigenvalue weighted by molar-refractivity contribution is -0.147. The molecule has 0 spiro atoms. The molecule has 2 heterocycles. The van der Waals surface area contributed by atoms with Gasteiger partial charge in [0.1, 0.15) is 6.04 Å². The van der Waals surface area contributed by atoms with Crippen LogP contribution in [0.2, 0.25) is 0 Å². The van der Waals surface area contributed by atoms with Crippen LogP contribution >= 0.6 is 0 Å². The maximum Gasteiger partial charge on any atom is 0.321 e. The Bertz CT molecular complexity index is 263. The summed E-state index contributed by atoms with van der Waals surface area (Å²) < 4.78 is 5.59. The van der Waals surface area contributed by atoms with Crippen LogP contribution in [0.3, 0.4) is 0 Å².